The van der Waals surface area contributed by atoms with E-state index in [0.29, 0.717) is 0 Å². The Balaban J connectivity index is 2.15. The van der Waals surface area contributed by atoms with Crippen molar-refractivity contribution in [2.24, 2.45) is 7.05 Å². The van der Waals surface area contributed by atoms with E-state index in [1.54, 1.807) is 0 Å². The van der Waals surface area contributed by atoms with Crippen LogP contribution in [0.2, 0.25) is 0 Å². The zero-order chi connectivity index (χ0) is 16.1. The van der Waals surface area contributed by atoms with Gasteiger partial charge in [0.2, 0.25) is 0 Å². The predicted molar refractivity (Wildman–Crippen MR) is 97.9 cm³/mol. The van der Waals surface area contributed by atoms with Crippen molar-refractivity contribution in [1.82, 2.24) is 4.98 Å². The Morgan fingerprint density at radius 3 is 2.52 bits per heavy atom. The van der Waals surface area contributed by atoms with Crippen LogP contribution < -0.4 is 4.57 Å². The van der Waals surface area contributed by atoms with Gasteiger partial charge in [0.05, 0.1) is 7.05 Å². The molecule has 0 saturated carbocycles. The van der Waals surface area contributed by atoms with Crippen molar-refractivity contribution >= 4 is 32.3 Å². The van der Waals surface area contributed by atoms with E-state index >= 15 is 0 Å². The van der Waals surface area contributed by atoms with E-state index in [-0.39, 0.29) is 0 Å². The lowest BCUT2D eigenvalue weighted by atomic mass is 9.94. The molecule has 4 aromatic rings. The van der Waals surface area contributed by atoms with Crippen LogP contribution in [0.3, 0.4) is 0 Å². The van der Waals surface area contributed by atoms with Crippen LogP contribution in [0.4, 0.5) is 0 Å². The summed E-state index contributed by atoms with van der Waals surface area (Å²) in [6.45, 7) is 6.57. The monoisotopic (exact) mass is 319 g/mol. The summed E-state index contributed by atoms with van der Waals surface area (Å²) in [5.41, 5.74) is 6.31. The normalized spacial score (nSPS) is 11.5. The van der Waals surface area contributed by atoms with Gasteiger partial charge in [0.1, 0.15) is 4.70 Å². The molecule has 2 aromatic carbocycles. The number of thiophene rings is 1. The molecule has 3 heteroatoms. The number of fused-ring (bicyclic) bond motifs is 2. The Morgan fingerprint density at radius 2 is 1.74 bits per heavy atom. The molecule has 0 unspecified atom stereocenters. The highest BCUT2D eigenvalue weighted by Crippen LogP contribution is 2.36. The molecule has 0 aliphatic rings. The molecule has 0 saturated heterocycles. The van der Waals surface area contributed by atoms with Crippen LogP contribution in [-0.2, 0) is 7.05 Å². The van der Waals surface area contributed by atoms with Crippen molar-refractivity contribution in [3.8, 4) is 11.3 Å². The van der Waals surface area contributed by atoms with Crippen LogP contribution >= 0.6 is 11.3 Å². The number of aryl methyl sites for hydroxylation is 4. The molecule has 0 radical (unpaired) electrons. The summed E-state index contributed by atoms with van der Waals surface area (Å²) in [4.78, 5) is 5.88. The first-order valence-electron chi connectivity index (χ1n) is 7.80. The van der Waals surface area contributed by atoms with Crippen LogP contribution in [0.1, 0.15) is 16.0 Å². The summed E-state index contributed by atoms with van der Waals surface area (Å²) in [6, 6.07) is 13.2. The van der Waals surface area contributed by atoms with Gasteiger partial charge in [-0.15, -0.1) is 11.3 Å². The zero-order valence-electron chi connectivity index (χ0n) is 13.8. The quantitative estimate of drug-likeness (QED) is 0.458. The fourth-order valence-corrected chi connectivity index (χ4v) is 4.45. The lowest BCUT2D eigenvalue weighted by Gasteiger charge is -2.12. The Morgan fingerprint density at radius 1 is 1.00 bits per heavy atom. The molecule has 0 bridgehead atoms. The molecule has 0 fully saturated rings. The van der Waals surface area contributed by atoms with Gasteiger partial charge >= 0.3 is 0 Å². The fraction of sp³-hybridized carbons (Fsp3) is 0.200. The van der Waals surface area contributed by atoms with E-state index in [0.717, 1.165) is 5.52 Å². The molecule has 0 aliphatic carbocycles. The van der Waals surface area contributed by atoms with Gasteiger partial charge in [-0.2, -0.15) is 0 Å². The minimum atomic E-state index is 1.09. The van der Waals surface area contributed by atoms with Crippen molar-refractivity contribution < 1.29 is 4.57 Å². The smallest absolute Gasteiger partial charge is 0.231 e. The van der Waals surface area contributed by atoms with Gasteiger partial charge in [-0.1, -0.05) is 24.3 Å². The highest BCUT2D eigenvalue weighted by molar-refractivity contribution is 7.19. The number of benzene rings is 2. The van der Waals surface area contributed by atoms with Crippen molar-refractivity contribution in [3.05, 3.63) is 58.7 Å². The molecule has 4 rings (SSSR count). The topological polar surface area (TPSA) is 16.8 Å². The molecule has 0 atom stereocenters. The molecule has 0 spiro atoms. The fourth-order valence-electron chi connectivity index (χ4n) is 3.39. The van der Waals surface area contributed by atoms with E-state index in [9.17, 15) is 0 Å². The number of aromatic nitrogens is 2. The number of rotatable bonds is 1. The van der Waals surface area contributed by atoms with E-state index in [1.165, 1.54) is 42.7 Å². The van der Waals surface area contributed by atoms with Crippen LogP contribution in [-0.4, -0.2) is 4.98 Å². The van der Waals surface area contributed by atoms with E-state index in [1.807, 2.05) is 17.7 Å². The second kappa shape index (κ2) is 5.14. The standard InChI is InChI=1S/C20H19N2S/c1-12-9-17(14(3)16-8-6-5-7-15(12)16)19-20-18(10-13(2)23-20)21-11-22(19)4/h5-11H,1-4H3/q+1. The highest BCUT2D eigenvalue weighted by Gasteiger charge is 2.20. The number of nitrogens with zero attached hydrogens (tertiary/aromatic N) is 2. The Labute approximate surface area is 140 Å². The second-order valence-electron chi connectivity index (χ2n) is 6.19. The largest absolute Gasteiger partial charge is 0.287 e. The third-order valence-electron chi connectivity index (χ3n) is 4.55. The number of hydrogen-bond acceptors (Lipinski definition) is 2. The third-order valence-corrected chi connectivity index (χ3v) is 5.60. The van der Waals surface area contributed by atoms with Crippen LogP contribution in [0.25, 0.3) is 32.2 Å². The minimum Gasteiger partial charge on any atom is -0.231 e. The lowest BCUT2D eigenvalue weighted by molar-refractivity contribution is -0.662. The van der Waals surface area contributed by atoms with Gasteiger partial charge in [0.25, 0.3) is 6.33 Å². The Bertz CT molecular complexity index is 1060. The Kier molecular flexibility index (Phi) is 3.20. The van der Waals surface area contributed by atoms with Crippen LogP contribution in [0.5, 0.6) is 0 Å². The summed E-state index contributed by atoms with van der Waals surface area (Å²) >= 11 is 1.82. The first-order chi connectivity index (χ1) is 11.1. The molecule has 114 valence electrons. The predicted octanol–water partition coefficient (Wildman–Crippen LogP) is 4.87. The van der Waals surface area contributed by atoms with E-state index in [4.69, 9.17) is 0 Å². The molecule has 2 aromatic heterocycles. The molecule has 0 amide bonds. The van der Waals surface area contributed by atoms with Gasteiger partial charge in [-0.25, -0.2) is 4.57 Å². The molecular weight excluding hydrogens is 300 g/mol. The zero-order valence-corrected chi connectivity index (χ0v) is 14.7. The maximum absolute atomic E-state index is 4.58. The van der Waals surface area contributed by atoms with Gasteiger partial charge in [-0.05, 0) is 53.7 Å². The summed E-state index contributed by atoms with van der Waals surface area (Å²) in [7, 11) is 2.08. The highest BCUT2D eigenvalue weighted by atomic mass is 32.1. The maximum atomic E-state index is 4.58. The third kappa shape index (κ3) is 2.15. The summed E-state index contributed by atoms with van der Waals surface area (Å²) in [6.07, 6.45) is 1.92. The lowest BCUT2D eigenvalue weighted by Crippen LogP contribution is -2.31. The first kappa shape index (κ1) is 14.3. The maximum Gasteiger partial charge on any atom is 0.287 e. The summed E-state index contributed by atoms with van der Waals surface area (Å²) in [5, 5.41) is 2.67. The first-order valence-corrected chi connectivity index (χ1v) is 8.62. The molecular formula is C20H19N2S+. The van der Waals surface area contributed by atoms with Crippen molar-refractivity contribution in [1.29, 1.82) is 0 Å². The van der Waals surface area contributed by atoms with E-state index < -0.39 is 0 Å². The van der Waals surface area contributed by atoms with Gasteiger partial charge in [0, 0.05) is 16.5 Å². The molecule has 23 heavy (non-hydrogen) atoms. The van der Waals surface area contributed by atoms with Crippen molar-refractivity contribution in [2.45, 2.75) is 20.8 Å². The van der Waals surface area contributed by atoms with E-state index in [2.05, 4.69) is 73.8 Å². The average molecular weight is 319 g/mol. The summed E-state index contributed by atoms with van der Waals surface area (Å²) < 4.78 is 3.42. The Hall–Kier alpha value is -2.26. The van der Waals surface area contributed by atoms with Crippen molar-refractivity contribution in [2.75, 3.05) is 0 Å². The van der Waals surface area contributed by atoms with Crippen LogP contribution in [0, 0.1) is 20.8 Å². The average Bonchev–Trinajstić information content (AvgIpc) is 2.92. The molecule has 0 N–H and O–H groups in total. The minimum absolute atomic E-state index is 1.09. The molecule has 0 aliphatic heterocycles. The molecule has 2 nitrogen and oxygen atoms in total. The van der Waals surface area contributed by atoms with Gasteiger partial charge in [-0.3, -0.25) is 0 Å². The summed E-state index contributed by atoms with van der Waals surface area (Å²) in [5.74, 6) is 0. The second-order valence-corrected chi connectivity index (χ2v) is 7.44. The van der Waals surface area contributed by atoms with Crippen LogP contribution in [0.15, 0.2) is 42.7 Å². The van der Waals surface area contributed by atoms with Crippen molar-refractivity contribution in [3.63, 3.8) is 0 Å². The van der Waals surface area contributed by atoms with Gasteiger partial charge < -0.3 is 0 Å². The SMILES string of the molecule is Cc1cc2nc[n+](C)c(-c3cc(C)c4ccccc4c3C)c2s1. The number of hydrogen-bond donors (Lipinski definition) is 0. The van der Waals surface area contributed by atoms with Gasteiger partial charge in [0.15, 0.2) is 11.2 Å². The molecule has 2 heterocycles.